The fourth-order valence-electron chi connectivity index (χ4n) is 3.70. The number of amides is 2. The minimum atomic E-state index is -0.770. The second-order valence-electron chi connectivity index (χ2n) is 7.40. The van der Waals surface area contributed by atoms with Gasteiger partial charge in [-0.15, -0.1) is 0 Å². The fraction of sp³-hybridized carbons (Fsp3) is 0.320. The van der Waals surface area contributed by atoms with E-state index in [2.05, 4.69) is 10.6 Å². The van der Waals surface area contributed by atoms with E-state index in [9.17, 15) is 14.4 Å². The number of nitrogens with one attached hydrogen (secondary N) is 2. The molecule has 0 aliphatic carbocycles. The van der Waals surface area contributed by atoms with Gasteiger partial charge >= 0.3 is 18.0 Å². The molecule has 0 radical (unpaired) electrons. The van der Waals surface area contributed by atoms with Gasteiger partial charge < -0.3 is 24.8 Å². The summed E-state index contributed by atoms with van der Waals surface area (Å²) >= 11 is 0. The van der Waals surface area contributed by atoms with Crippen molar-refractivity contribution in [2.24, 2.45) is 0 Å². The molecule has 1 aliphatic heterocycles. The predicted octanol–water partition coefficient (Wildman–Crippen LogP) is 3.60. The van der Waals surface area contributed by atoms with Crippen molar-refractivity contribution in [3.05, 3.63) is 77.0 Å². The summed E-state index contributed by atoms with van der Waals surface area (Å²) in [5.41, 5.74) is 1.87. The zero-order chi connectivity index (χ0) is 23.8. The highest BCUT2D eigenvalue weighted by atomic mass is 16.5. The number of urea groups is 1. The van der Waals surface area contributed by atoms with E-state index in [4.69, 9.17) is 14.2 Å². The third-order valence-corrected chi connectivity index (χ3v) is 5.35. The van der Waals surface area contributed by atoms with Gasteiger partial charge in [0.1, 0.15) is 12.4 Å². The third kappa shape index (κ3) is 5.71. The van der Waals surface area contributed by atoms with E-state index in [0.29, 0.717) is 17.7 Å². The Bertz CT molecular complexity index is 1020. The molecule has 33 heavy (non-hydrogen) atoms. The van der Waals surface area contributed by atoms with Gasteiger partial charge in [-0.05, 0) is 36.6 Å². The number of ether oxygens (including phenoxy) is 3. The topological polar surface area (TPSA) is 103 Å². The molecule has 1 aliphatic rings. The highest BCUT2D eigenvalue weighted by Crippen LogP contribution is 2.29. The molecule has 8 nitrogen and oxygen atoms in total. The van der Waals surface area contributed by atoms with Gasteiger partial charge in [-0.1, -0.05) is 49.4 Å². The standard InChI is InChI=1S/C25H28N2O6/c1-4-19(16-9-7-6-8-10-16)23(28)33-15-20-21(24(29)32-5-2)22(27-25(30)26-20)17-11-13-18(31-3)14-12-17/h6-14,19,22H,4-5,15H2,1-3H3,(H2,26,27,30). The van der Waals surface area contributed by atoms with Crippen LogP contribution < -0.4 is 15.4 Å². The SMILES string of the molecule is CCOC(=O)C1=C(COC(=O)C(CC)c2ccccc2)NC(=O)NC1c1ccc(OC)cc1. The van der Waals surface area contributed by atoms with E-state index in [1.54, 1.807) is 38.3 Å². The van der Waals surface area contributed by atoms with Crippen molar-refractivity contribution in [1.29, 1.82) is 0 Å². The smallest absolute Gasteiger partial charge is 0.338 e. The Morgan fingerprint density at radius 1 is 1.00 bits per heavy atom. The number of benzene rings is 2. The Morgan fingerprint density at radius 2 is 1.70 bits per heavy atom. The lowest BCUT2D eigenvalue weighted by Gasteiger charge is -2.29. The first-order chi connectivity index (χ1) is 16.0. The van der Waals surface area contributed by atoms with Crippen LogP contribution in [0.1, 0.15) is 43.4 Å². The fourth-order valence-corrected chi connectivity index (χ4v) is 3.70. The molecule has 2 aromatic rings. The Kier molecular flexibility index (Phi) is 8.07. The van der Waals surface area contributed by atoms with Crippen LogP contribution in [0.5, 0.6) is 5.75 Å². The summed E-state index contributed by atoms with van der Waals surface area (Å²) in [5.74, 6) is -0.853. The van der Waals surface area contributed by atoms with Crippen LogP contribution >= 0.6 is 0 Å². The molecule has 0 aromatic heterocycles. The zero-order valence-electron chi connectivity index (χ0n) is 18.9. The normalized spacial score (nSPS) is 16.3. The number of methoxy groups -OCH3 is 1. The molecule has 1 heterocycles. The second kappa shape index (κ2) is 11.2. The Labute approximate surface area is 192 Å². The number of hydrogen-bond acceptors (Lipinski definition) is 6. The summed E-state index contributed by atoms with van der Waals surface area (Å²) in [6.07, 6.45) is 0.551. The van der Waals surface area contributed by atoms with E-state index >= 15 is 0 Å². The summed E-state index contributed by atoms with van der Waals surface area (Å²) in [6, 6.07) is 15.0. The van der Waals surface area contributed by atoms with Crippen molar-refractivity contribution in [2.75, 3.05) is 20.3 Å². The molecule has 2 N–H and O–H groups in total. The van der Waals surface area contributed by atoms with Crippen LogP contribution in [0.2, 0.25) is 0 Å². The van der Waals surface area contributed by atoms with E-state index in [1.807, 2.05) is 37.3 Å². The van der Waals surface area contributed by atoms with Gasteiger partial charge in [0.05, 0.1) is 36.9 Å². The van der Waals surface area contributed by atoms with Gasteiger partial charge in [-0.3, -0.25) is 4.79 Å². The summed E-state index contributed by atoms with van der Waals surface area (Å²) in [6.45, 7) is 3.48. The number of esters is 2. The number of carbonyl (C=O) groups excluding carboxylic acids is 3. The van der Waals surface area contributed by atoms with E-state index < -0.39 is 29.9 Å². The van der Waals surface area contributed by atoms with E-state index in [1.165, 1.54) is 0 Å². The molecule has 2 atom stereocenters. The Hall–Kier alpha value is -3.81. The minimum absolute atomic E-state index is 0.157. The minimum Gasteiger partial charge on any atom is -0.497 e. The summed E-state index contributed by atoms with van der Waals surface area (Å²) < 4.78 is 16.0. The highest BCUT2D eigenvalue weighted by Gasteiger charge is 2.34. The first-order valence-electron chi connectivity index (χ1n) is 10.8. The average Bonchev–Trinajstić information content (AvgIpc) is 2.83. The van der Waals surface area contributed by atoms with Crippen LogP contribution in [0, 0.1) is 0 Å². The molecule has 2 aromatic carbocycles. The van der Waals surface area contributed by atoms with Gasteiger partial charge in [-0.2, -0.15) is 0 Å². The average molecular weight is 453 g/mol. The van der Waals surface area contributed by atoms with Crippen molar-refractivity contribution in [3.8, 4) is 5.75 Å². The monoisotopic (exact) mass is 452 g/mol. The van der Waals surface area contributed by atoms with Crippen molar-refractivity contribution in [1.82, 2.24) is 10.6 Å². The second-order valence-corrected chi connectivity index (χ2v) is 7.40. The first kappa shape index (κ1) is 23.8. The molecule has 3 rings (SSSR count). The molecule has 2 amide bonds. The van der Waals surface area contributed by atoms with Crippen molar-refractivity contribution in [3.63, 3.8) is 0 Å². The van der Waals surface area contributed by atoms with Crippen molar-refractivity contribution in [2.45, 2.75) is 32.2 Å². The molecule has 0 saturated heterocycles. The van der Waals surface area contributed by atoms with E-state index in [0.717, 1.165) is 5.56 Å². The Balaban J connectivity index is 1.89. The lowest BCUT2D eigenvalue weighted by molar-refractivity contribution is -0.145. The molecule has 0 spiro atoms. The van der Waals surface area contributed by atoms with Crippen LogP contribution in [0.15, 0.2) is 65.9 Å². The lowest BCUT2D eigenvalue weighted by Crippen LogP contribution is -2.47. The van der Waals surface area contributed by atoms with Crippen LogP contribution in [0.4, 0.5) is 4.79 Å². The molecule has 0 bridgehead atoms. The molecular formula is C25H28N2O6. The maximum Gasteiger partial charge on any atom is 0.338 e. The van der Waals surface area contributed by atoms with Gasteiger partial charge in [0.25, 0.3) is 0 Å². The molecule has 0 saturated carbocycles. The van der Waals surface area contributed by atoms with Gasteiger partial charge in [-0.25, -0.2) is 9.59 Å². The number of carbonyl (C=O) groups is 3. The van der Waals surface area contributed by atoms with Gasteiger partial charge in [0.2, 0.25) is 0 Å². The molecule has 2 unspecified atom stereocenters. The van der Waals surface area contributed by atoms with Gasteiger partial charge in [0.15, 0.2) is 0 Å². The molecule has 174 valence electrons. The van der Waals surface area contributed by atoms with Crippen molar-refractivity contribution >= 4 is 18.0 Å². The van der Waals surface area contributed by atoms with Crippen LogP contribution in [-0.2, 0) is 19.1 Å². The molecule has 0 fully saturated rings. The maximum absolute atomic E-state index is 12.8. The highest BCUT2D eigenvalue weighted by molar-refractivity contribution is 5.95. The summed E-state index contributed by atoms with van der Waals surface area (Å²) in [7, 11) is 1.55. The zero-order valence-corrected chi connectivity index (χ0v) is 18.9. The van der Waals surface area contributed by atoms with Crippen LogP contribution in [-0.4, -0.2) is 38.3 Å². The lowest BCUT2D eigenvalue weighted by atomic mass is 9.95. The van der Waals surface area contributed by atoms with Crippen molar-refractivity contribution < 1.29 is 28.6 Å². The Morgan fingerprint density at radius 3 is 2.30 bits per heavy atom. The predicted molar refractivity (Wildman–Crippen MR) is 121 cm³/mol. The number of rotatable bonds is 9. The third-order valence-electron chi connectivity index (χ3n) is 5.35. The molecule has 8 heteroatoms. The first-order valence-corrected chi connectivity index (χ1v) is 10.8. The number of hydrogen-bond donors (Lipinski definition) is 2. The largest absolute Gasteiger partial charge is 0.497 e. The maximum atomic E-state index is 12.8. The van der Waals surface area contributed by atoms with E-state index in [-0.39, 0.29) is 24.5 Å². The molecular weight excluding hydrogens is 424 g/mol. The van der Waals surface area contributed by atoms with Gasteiger partial charge in [0, 0.05) is 0 Å². The summed E-state index contributed by atoms with van der Waals surface area (Å²) in [4.78, 5) is 38.1. The van der Waals surface area contributed by atoms with Crippen LogP contribution in [0.3, 0.4) is 0 Å². The summed E-state index contributed by atoms with van der Waals surface area (Å²) in [5, 5.41) is 5.35. The van der Waals surface area contributed by atoms with Crippen LogP contribution in [0.25, 0.3) is 0 Å². The quantitative estimate of drug-likeness (QED) is 0.564.